The van der Waals surface area contributed by atoms with Gasteiger partial charge in [-0.15, -0.1) is 0 Å². The summed E-state index contributed by atoms with van der Waals surface area (Å²) in [5.74, 6) is -6.25. The Balaban J connectivity index is 2.20. The summed E-state index contributed by atoms with van der Waals surface area (Å²) in [7, 11) is 0. The van der Waals surface area contributed by atoms with E-state index >= 15 is 0 Å². The molecule has 0 amide bonds. The first-order valence-corrected chi connectivity index (χ1v) is 5.82. The summed E-state index contributed by atoms with van der Waals surface area (Å²) in [5.41, 5.74) is -0.714. The fourth-order valence-corrected chi connectivity index (χ4v) is 2.09. The van der Waals surface area contributed by atoms with Crippen LogP contribution in [0.3, 0.4) is 0 Å². The Bertz CT molecular complexity index is 437. The number of β-amino-alcohol motifs (C(OH)–C–C–N with tert-alkyl or cyclic N) is 1. The van der Waals surface area contributed by atoms with Gasteiger partial charge in [-0.1, -0.05) is 0 Å². The number of anilines is 1. The molecule has 1 saturated heterocycles. The van der Waals surface area contributed by atoms with Crippen LogP contribution in [0.25, 0.3) is 0 Å². The molecular weight excluding hydrogens is 266 g/mol. The van der Waals surface area contributed by atoms with E-state index in [-0.39, 0.29) is 19.7 Å². The number of hydrogen-bond donors (Lipinski definition) is 1. The molecule has 0 radical (unpaired) electrons. The first-order chi connectivity index (χ1) is 9.04. The molecule has 2 heterocycles. The largest absolute Gasteiger partial charge is 0.395 e. The van der Waals surface area contributed by atoms with Crippen LogP contribution in [0, 0.1) is 23.5 Å². The van der Waals surface area contributed by atoms with Gasteiger partial charge in [0.1, 0.15) is 5.69 Å². The molecule has 1 aromatic heterocycles. The molecule has 1 fully saturated rings. The van der Waals surface area contributed by atoms with Crippen molar-refractivity contribution in [2.24, 2.45) is 0 Å². The van der Waals surface area contributed by atoms with Crippen molar-refractivity contribution in [3.8, 4) is 0 Å². The third kappa shape index (κ3) is 2.79. The molecule has 106 valence electrons. The van der Waals surface area contributed by atoms with E-state index in [2.05, 4.69) is 4.98 Å². The van der Waals surface area contributed by atoms with E-state index < -0.39 is 29.2 Å². The molecule has 1 N–H and O–H groups in total. The van der Waals surface area contributed by atoms with Gasteiger partial charge in [-0.2, -0.15) is 22.5 Å². The van der Waals surface area contributed by atoms with Crippen LogP contribution in [0.5, 0.6) is 0 Å². The zero-order chi connectivity index (χ0) is 14.0. The third-order valence-corrected chi connectivity index (χ3v) is 3.08. The maximum atomic E-state index is 13.5. The number of aliphatic hydroxyl groups is 1. The van der Waals surface area contributed by atoms with Crippen molar-refractivity contribution in [1.29, 1.82) is 0 Å². The highest BCUT2D eigenvalue weighted by molar-refractivity contribution is 5.49. The molecule has 19 heavy (non-hydrogen) atoms. The lowest BCUT2D eigenvalue weighted by Gasteiger charge is -2.35. The van der Waals surface area contributed by atoms with Gasteiger partial charge in [-0.05, 0) is 0 Å². The van der Waals surface area contributed by atoms with Crippen molar-refractivity contribution in [1.82, 2.24) is 9.88 Å². The highest BCUT2D eigenvalue weighted by Gasteiger charge is 2.27. The minimum absolute atomic E-state index is 0.0127. The third-order valence-electron chi connectivity index (χ3n) is 3.08. The van der Waals surface area contributed by atoms with Gasteiger partial charge in [-0.3, -0.25) is 4.90 Å². The lowest BCUT2D eigenvalue weighted by molar-refractivity contribution is 0.188. The zero-order valence-electron chi connectivity index (χ0n) is 10.0. The predicted molar refractivity (Wildman–Crippen MR) is 59.8 cm³/mol. The fourth-order valence-electron chi connectivity index (χ4n) is 2.09. The molecule has 0 bridgehead atoms. The summed E-state index contributed by atoms with van der Waals surface area (Å²) < 4.78 is 53.1. The predicted octanol–water partition coefficient (Wildman–Crippen LogP) is 0.752. The summed E-state index contributed by atoms with van der Waals surface area (Å²) in [6.45, 7) is 1.78. The van der Waals surface area contributed by atoms with Crippen LogP contribution in [0.15, 0.2) is 0 Å². The normalized spacial score (nSPS) is 17.0. The highest BCUT2D eigenvalue weighted by atomic mass is 19.2. The summed E-state index contributed by atoms with van der Waals surface area (Å²) >= 11 is 0. The summed E-state index contributed by atoms with van der Waals surface area (Å²) in [6, 6.07) is 0. The van der Waals surface area contributed by atoms with Gasteiger partial charge in [-0.25, -0.2) is 0 Å². The van der Waals surface area contributed by atoms with E-state index in [1.165, 1.54) is 4.90 Å². The number of aliphatic hydroxyl groups excluding tert-OH is 1. The van der Waals surface area contributed by atoms with Crippen molar-refractivity contribution in [3.05, 3.63) is 23.5 Å². The van der Waals surface area contributed by atoms with Crippen molar-refractivity contribution < 1.29 is 22.7 Å². The minimum Gasteiger partial charge on any atom is -0.395 e. The molecule has 8 heteroatoms. The topological polar surface area (TPSA) is 39.6 Å². The first-order valence-electron chi connectivity index (χ1n) is 5.82. The van der Waals surface area contributed by atoms with E-state index in [1.54, 1.807) is 0 Å². The quantitative estimate of drug-likeness (QED) is 0.655. The average Bonchev–Trinajstić information content (AvgIpc) is 2.39. The Morgan fingerprint density at radius 3 is 1.95 bits per heavy atom. The van der Waals surface area contributed by atoms with Gasteiger partial charge >= 0.3 is 0 Å². The maximum Gasteiger partial charge on any atom is 0.253 e. The van der Waals surface area contributed by atoms with E-state index in [9.17, 15) is 17.6 Å². The molecule has 0 spiro atoms. The number of nitrogens with zero attached hydrogens (tertiary/aromatic N) is 3. The molecule has 0 unspecified atom stereocenters. The summed E-state index contributed by atoms with van der Waals surface area (Å²) in [4.78, 5) is 5.65. The van der Waals surface area contributed by atoms with Gasteiger partial charge in [0.25, 0.3) is 11.9 Å². The van der Waals surface area contributed by atoms with Crippen molar-refractivity contribution in [2.45, 2.75) is 0 Å². The molecule has 1 aliphatic heterocycles. The Morgan fingerprint density at radius 1 is 0.947 bits per heavy atom. The number of halogens is 4. The van der Waals surface area contributed by atoms with Crippen molar-refractivity contribution in [2.75, 3.05) is 44.2 Å². The highest BCUT2D eigenvalue weighted by Crippen LogP contribution is 2.26. The Morgan fingerprint density at radius 2 is 1.47 bits per heavy atom. The van der Waals surface area contributed by atoms with E-state index in [0.29, 0.717) is 19.6 Å². The van der Waals surface area contributed by atoms with Gasteiger partial charge in [0.2, 0.25) is 11.6 Å². The maximum absolute atomic E-state index is 13.5. The lowest BCUT2D eigenvalue weighted by Crippen LogP contribution is -2.48. The molecule has 0 aliphatic carbocycles. The van der Waals surface area contributed by atoms with Gasteiger partial charge in [0.05, 0.1) is 6.61 Å². The smallest absolute Gasteiger partial charge is 0.253 e. The van der Waals surface area contributed by atoms with Crippen LogP contribution in [0.4, 0.5) is 23.2 Å². The zero-order valence-corrected chi connectivity index (χ0v) is 10.0. The molecule has 1 aromatic rings. The molecule has 0 aromatic carbocycles. The monoisotopic (exact) mass is 279 g/mol. The van der Waals surface area contributed by atoms with Crippen LogP contribution >= 0.6 is 0 Å². The van der Waals surface area contributed by atoms with Crippen LogP contribution in [-0.2, 0) is 0 Å². The number of piperazine rings is 1. The van der Waals surface area contributed by atoms with Crippen molar-refractivity contribution >= 4 is 5.69 Å². The number of pyridine rings is 1. The molecule has 0 saturated carbocycles. The molecular formula is C11H13F4N3O. The average molecular weight is 279 g/mol. The number of rotatable bonds is 3. The molecule has 2 rings (SSSR count). The standard InChI is InChI=1S/C11H13F4N3O/c12-7-9(8(13)11(15)16-10(7)14)18-3-1-17(2-4-18)5-6-19/h19H,1-6H2. The van der Waals surface area contributed by atoms with Crippen molar-refractivity contribution in [3.63, 3.8) is 0 Å². The second-order valence-corrected chi connectivity index (χ2v) is 4.22. The second kappa shape index (κ2) is 5.70. The summed E-state index contributed by atoms with van der Waals surface area (Å²) in [6.07, 6.45) is 0. The Hall–Kier alpha value is -1.41. The van der Waals surface area contributed by atoms with Crippen LogP contribution in [0.1, 0.15) is 0 Å². The second-order valence-electron chi connectivity index (χ2n) is 4.22. The Labute approximate surface area is 107 Å². The van der Waals surface area contributed by atoms with Crippen LogP contribution in [0.2, 0.25) is 0 Å². The van der Waals surface area contributed by atoms with E-state index in [1.807, 2.05) is 4.90 Å². The minimum atomic E-state index is -1.65. The van der Waals surface area contributed by atoms with E-state index in [4.69, 9.17) is 5.11 Å². The van der Waals surface area contributed by atoms with Gasteiger partial charge < -0.3 is 10.0 Å². The number of aromatic nitrogens is 1. The molecule has 1 aliphatic rings. The van der Waals surface area contributed by atoms with Crippen LogP contribution < -0.4 is 4.90 Å². The van der Waals surface area contributed by atoms with Gasteiger partial charge in [0.15, 0.2) is 0 Å². The first kappa shape index (κ1) is 14.0. The Kier molecular flexibility index (Phi) is 4.20. The molecule has 0 atom stereocenters. The van der Waals surface area contributed by atoms with Crippen LogP contribution in [-0.4, -0.2) is 54.3 Å². The molecule has 4 nitrogen and oxygen atoms in total. The SMILES string of the molecule is OCCN1CCN(c2c(F)c(F)nc(F)c2F)CC1. The van der Waals surface area contributed by atoms with Gasteiger partial charge in [0, 0.05) is 32.7 Å². The van der Waals surface area contributed by atoms with E-state index in [0.717, 1.165) is 0 Å². The fraction of sp³-hybridized carbons (Fsp3) is 0.545. The summed E-state index contributed by atoms with van der Waals surface area (Å²) in [5, 5.41) is 8.78. The lowest BCUT2D eigenvalue weighted by atomic mass is 10.2. The number of hydrogen-bond acceptors (Lipinski definition) is 4.